The van der Waals surface area contributed by atoms with E-state index in [1.807, 2.05) is 30.3 Å². The molecule has 2 aromatic rings. The fraction of sp³-hybridized carbons (Fsp3) is 0.250. The number of ether oxygens (including phenoxy) is 1. The van der Waals surface area contributed by atoms with Crippen LogP contribution in [-0.4, -0.2) is 21.8 Å². The van der Waals surface area contributed by atoms with Crippen LogP contribution in [0, 0.1) is 0 Å². The van der Waals surface area contributed by atoms with Crippen LogP contribution in [0.3, 0.4) is 0 Å². The number of anilines is 1. The number of Topliss-reactive ketones (excluding diaryl/α,β-unsaturated/α-hetero) is 1. The number of fused-ring (bicyclic) bond motifs is 1. The van der Waals surface area contributed by atoms with Gasteiger partial charge in [0.2, 0.25) is 5.95 Å². The Bertz CT molecular complexity index is 701. The summed E-state index contributed by atoms with van der Waals surface area (Å²) in [6.45, 7) is 0.177. The summed E-state index contributed by atoms with van der Waals surface area (Å²) in [6.07, 6.45) is 2.88. The van der Waals surface area contributed by atoms with Crippen molar-refractivity contribution in [1.82, 2.24) is 9.97 Å². The molecular formula is C16H15N3O3. The zero-order chi connectivity index (χ0) is 15.4. The molecule has 1 heterocycles. The number of amides is 1. The maximum Gasteiger partial charge on any atom is 0.414 e. The first-order valence-corrected chi connectivity index (χ1v) is 7.09. The average Bonchev–Trinajstić information content (AvgIpc) is 2.54. The van der Waals surface area contributed by atoms with Gasteiger partial charge in [0.05, 0.1) is 11.3 Å². The Morgan fingerprint density at radius 3 is 2.86 bits per heavy atom. The maximum absolute atomic E-state index is 11.7. The number of benzene rings is 1. The van der Waals surface area contributed by atoms with Gasteiger partial charge in [0, 0.05) is 12.6 Å². The molecule has 0 atom stereocenters. The van der Waals surface area contributed by atoms with Crippen molar-refractivity contribution in [2.75, 3.05) is 5.32 Å². The van der Waals surface area contributed by atoms with Crippen LogP contribution in [0.15, 0.2) is 36.5 Å². The number of carbonyl (C=O) groups excluding carboxylic acids is 2. The second kappa shape index (κ2) is 6.34. The largest absolute Gasteiger partial charge is 0.444 e. The van der Waals surface area contributed by atoms with E-state index in [4.69, 9.17) is 4.74 Å². The smallest absolute Gasteiger partial charge is 0.414 e. The lowest BCUT2D eigenvalue weighted by Crippen LogP contribution is -2.19. The van der Waals surface area contributed by atoms with E-state index in [1.165, 1.54) is 6.20 Å². The van der Waals surface area contributed by atoms with Crippen molar-refractivity contribution in [2.45, 2.75) is 25.9 Å². The van der Waals surface area contributed by atoms with Gasteiger partial charge in [-0.3, -0.25) is 10.1 Å². The van der Waals surface area contributed by atoms with Gasteiger partial charge in [-0.25, -0.2) is 14.8 Å². The topological polar surface area (TPSA) is 81.2 Å². The summed E-state index contributed by atoms with van der Waals surface area (Å²) in [6, 6.07) is 9.38. The molecule has 112 valence electrons. The number of nitrogens with zero attached hydrogens (tertiary/aromatic N) is 2. The van der Waals surface area contributed by atoms with Crippen LogP contribution in [0.5, 0.6) is 0 Å². The van der Waals surface area contributed by atoms with E-state index in [2.05, 4.69) is 15.3 Å². The lowest BCUT2D eigenvalue weighted by molar-refractivity contribution is 0.0971. The van der Waals surface area contributed by atoms with Crippen molar-refractivity contribution in [3.05, 3.63) is 53.3 Å². The van der Waals surface area contributed by atoms with E-state index in [-0.39, 0.29) is 18.3 Å². The number of nitrogens with one attached hydrogen (secondary N) is 1. The van der Waals surface area contributed by atoms with Crippen LogP contribution in [-0.2, 0) is 17.8 Å². The number of carbonyl (C=O) groups is 2. The lowest BCUT2D eigenvalue weighted by atomic mass is 9.96. The van der Waals surface area contributed by atoms with Crippen LogP contribution in [0.25, 0.3) is 0 Å². The first-order valence-electron chi connectivity index (χ1n) is 7.09. The molecule has 0 bridgehead atoms. The predicted octanol–water partition coefficient (Wildman–Crippen LogP) is 2.74. The van der Waals surface area contributed by atoms with Crippen LogP contribution < -0.4 is 5.32 Å². The van der Waals surface area contributed by atoms with Crippen molar-refractivity contribution < 1.29 is 14.3 Å². The van der Waals surface area contributed by atoms with Crippen molar-refractivity contribution in [3.63, 3.8) is 0 Å². The zero-order valence-corrected chi connectivity index (χ0v) is 11.9. The third-order valence-electron chi connectivity index (χ3n) is 3.41. The number of hydrogen-bond acceptors (Lipinski definition) is 5. The quantitative estimate of drug-likeness (QED) is 0.942. The number of rotatable bonds is 3. The molecule has 0 aliphatic heterocycles. The fourth-order valence-corrected chi connectivity index (χ4v) is 2.30. The van der Waals surface area contributed by atoms with Gasteiger partial charge in [-0.15, -0.1) is 0 Å². The molecule has 0 radical (unpaired) electrons. The van der Waals surface area contributed by atoms with Crippen molar-refractivity contribution in [2.24, 2.45) is 0 Å². The lowest BCUT2D eigenvalue weighted by Gasteiger charge is -2.14. The van der Waals surface area contributed by atoms with E-state index in [9.17, 15) is 9.59 Å². The van der Waals surface area contributed by atoms with E-state index in [0.29, 0.717) is 17.7 Å². The second-order valence-corrected chi connectivity index (χ2v) is 5.02. The summed E-state index contributed by atoms with van der Waals surface area (Å²) in [5.41, 5.74) is 2.13. The monoisotopic (exact) mass is 297 g/mol. The molecule has 0 saturated carbocycles. The van der Waals surface area contributed by atoms with Crippen LogP contribution in [0.1, 0.15) is 34.5 Å². The number of ketones is 1. The Morgan fingerprint density at radius 1 is 1.23 bits per heavy atom. The molecule has 1 aliphatic carbocycles. The Labute approximate surface area is 127 Å². The zero-order valence-electron chi connectivity index (χ0n) is 11.9. The molecule has 0 fully saturated rings. The summed E-state index contributed by atoms with van der Waals surface area (Å²) >= 11 is 0. The highest BCUT2D eigenvalue weighted by Gasteiger charge is 2.19. The van der Waals surface area contributed by atoms with Crippen LogP contribution in [0.4, 0.5) is 10.7 Å². The first kappa shape index (κ1) is 14.2. The molecular weight excluding hydrogens is 282 g/mol. The highest BCUT2D eigenvalue weighted by molar-refractivity contribution is 5.97. The normalized spacial score (nSPS) is 13.4. The summed E-state index contributed by atoms with van der Waals surface area (Å²) < 4.78 is 5.10. The third-order valence-corrected chi connectivity index (χ3v) is 3.41. The van der Waals surface area contributed by atoms with Gasteiger partial charge in [0.15, 0.2) is 5.78 Å². The first-order chi connectivity index (χ1) is 10.7. The second-order valence-electron chi connectivity index (χ2n) is 5.02. The Kier molecular flexibility index (Phi) is 4.09. The minimum atomic E-state index is -0.620. The summed E-state index contributed by atoms with van der Waals surface area (Å²) in [5, 5.41) is 2.48. The van der Waals surface area contributed by atoms with E-state index < -0.39 is 6.09 Å². The molecule has 0 unspecified atom stereocenters. The Balaban J connectivity index is 1.61. The average molecular weight is 297 g/mol. The number of aryl methyl sites for hydroxylation is 1. The fourth-order valence-electron chi connectivity index (χ4n) is 2.30. The minimum absolute atomic E-state index is 0.0551. The molecule has 3 rings (SSSR count). The van der Waals surface area contributed by atoms with Gasteiger partial charge in [-0.1, -0.05) is 30.3 Å². The predicted molar refractivity (Wildman–Crippen MR) is 79.6 cm³/mol. The van der Waals surface area contributed by atoms with Gasteiger partial charge in [-0.2, -0.15) is 0 Å². The molecule has 6 nitrogen and oxygen atoms in total. The Morgan fingerprint density at radius 2 is 2.05 bits per heavy atom. The van der Waals surface area contributed by atoms with E-state index in [1.54, 1.807) is 0 Å². The molecule has 0 saturated heterocycles. The summed E-state index contributed by atoms with van der Waals surface area (Å²) in [5.74, 6) is 0.214. The van der Waals surface area contributed by atoms with E-state index in [0.717, 1.165) is 18.4 Å². The molecule has 1 amide bonds. The molecule has 1 aromatic carbocycles. The SMILES string of the molecule is O=C(Nc1ncc2c(n1)CCCC2=O)OCc1ccccc1. The molecule has 6 heteroatoms. The molecule has 22 heavy (non-hydrogen) atoms. The van der Waals surface area contributed by atoms with Gasteiger partial charge < -0.3 is 4.74 Å². The Hall–Kier alpha value is -2.76. The van der Waals surface area contributed by atoms with Crippen molar-refractivity contribution in [1.29, 1.82) is 0 Å². The highest BCUT2D eigenvalue weighted by atomic mass is 16.5. The third kappa shape index (κ3) is 3.28. The van der Waals surface area contributed by atoms with Gasteiger partial charge >= 0.3 is 6.09 Å². The van der Waals surface area contributed by atoms with Crippen LogP contribution >= 0.6 is 0 Å². The molecule has 1 N–H and O–H groups in total. The van der Waals surface area contributed by atoms with Crippen LogP contribution in [0.2, 0.25) is 0 Å². The van der Waals surface area contributed by atoms with Gasteiger partial charge in [-0.05, 0) is 18.4 Å². The van der Waals surface area contributed by atoms with Gasteiger partial charge in [0.1, 0.15) is 6.61 Å². The van der Waals surface area contributed by atoms with Crippen molar-refractivity contribution >= 4 is 17.8 Å². The van der Waals surface area contributed by atoms with Crippen molar-refractivity contribution in [3.8, 4) is 0 Å². The summed E-state index contributed by atoms with van der Waals surface area (Å²) in [7, 11) is 0. The van der Waals surface area contributed by atoms with Gasteiger partial charge in [0.25, 0.3) is 0 Å². The summed E-state index contributed by atoms with van der Waals surface area (Å²) in [4.78, 5) is 31.6. The standard InChI is InChI=1S/C16H15N3O3/c20-14-8-4-7-13-12(14)9-17-15(18-13)19-16(21)22-10-11-5-2-1-3-6-11/h1-3,5-6,9H,4,7-8,10H2,(H,17,18,19,21). The highest BCUT2D eigenvalue weighted by Crippen LogP contribution is 2.19. The molecule has 0 spiro atoms. The van der Waals surface area contributed by atoms with E-state index >= 15 is 0 Å². The molecule has 1 aliphatic rings. The molecule has 1 aromatic heterocycles. The number of hydrogen-bond donors (Lipinski definition) is 1. The minimum Gasteiger partial charge on any atom is -0.444 e. The number of aromatic nitrogens is 2. The maximum atomic E-state index is 11.7.